The zero-order chi connectivity index (χ0) is 19.1. The molecule has 0 saturated carbocycles. The van der Waals surface area contributed by atoms with E-state index in [1.165, 1.54) is 18.5 Å². The Labute approximate surface area is 158 Å². The molecule has 0 aliphatic carbocycles. The van der Waals surface area contributed by atoms with Gasteiger partial charge in [0.05, 0.1) is 17.2 Å². The Morgan fingerprint density at radius 3 is 2.48 bits per heavy atom. The molecule has 0 radical (unpaired) electrons. The fourth-order valence-corrected chi connectivity index (χ4v) is 3.36. The van der Waals surface area contributed by atoms with E-state index in [9.17, 15) is 8.42 Å². The fraction of sp³-hybridized carbons (Fsp3) is 0.158. The Morgan fingerprint density at radius 2 is 1.85 bits per heavy atom. The summed E-state index contributed by atoms with van der Waals surface area (Å²) >= 11 is 0. The summed E-state index contributed by atoms with van der Waals surface area (Å²) in [4.78, 5) is 4.09. The van der Waals surface area contributed by atoms with Gasteiger partial charge in [0.15, 0.2) is 0 Å². The van der Waals surface area contributed by atoms with Crippen LogP contribution < -0.4 is 9.46 Å². The van der Waals surface area contributed by atoms with E-state index < -0.39 is 10.0 Å². The molecule has 27 heavy (non-hydrogen) atoms. The second-order valence-electron chi connectivity index (χ2n) is 5.73. The molecule has 0 aliphatic heterocycles. The van der Waals surface area contributed by atoms with Crippen LogP contribution in [0.1, 0.15) is 12.0 Å². The van der Waals surface area contributed by atoms with Crippen molar-refractivity contribution in [3.05, 3.63) is 79.4 Å². The van der Waals surface area contributed by atoms with Gasteiger partial charge in [-0.2, -0.15) is 5.10 Å². The highest BCUT2D eigenvalue weighted by atomic mass is 32.2. The van der Waals surface area contributed by atoms with Crippen LogP contribution in [0.2, 0.25) is 0 Å². The molecule has 140 valence electrons. The largest absolute Gasteiger partial charge is 0.493 e. The lowest BCUT2D eigenvalue weighted by atomic mass is 10.2. The van der Waals surface area contributed by atoms with Crippen LogP contribution in [0.15, 0.2) is 78.7 Å². The molecule has 1 heterocycles. The summed E-state index contributed by atoms with van der Waals surface area (Å²) in [7, 11) is -3.60. The van der Waals surface area contributed by atoms with Crippen molar-refractivity contribution in [3.8, 4) is 11.4 Å². The summed E-state index contributed by atoms with van der Waals surface area (Å²) in [5.41, 5.74) is 1.69. The lowest BCUT2D eigenvalue weighted by Gasteiger charge is -2.09. The number of nitrogens with zero attached hydrogens (tertiary/aromatic N) is 3. The van der Waals surface area contributed by atoms with Gasteiger partial charge in [0, 0.05) is 6.54 Å². The van der Waals surface area contributed by atoms with Crippen LogP contribution in [0.25, 0.3) is 5.69 Å². The standard InChI is InChI=1S/C19H20N4O3S/c1-2-3-12-26-18-8-10-19(11-9-18)27(24,25)22-13-16-4-6-17(7-5-16)23-15-20-14-21-23/h2,4-11,14-15,22H,1,3,12-13H2. The van der Waals surface area contributed by atoms with Gasteiger partial charge in [-0.1, -0.05) is 18.2 Å². The Morgan fingerprint density at radius 1 is 1.11 bits per heavy atom. The second-order valence-corrected chi connectivity index (χ2v) is 7.50. The Bertz CT molecular complexity index is 967. The van der Waals surface area contributed by atoms with Gasteiger partial charge < -0.3 is 4.74 Å². The van der Waals surface area contributed by atoms with Crippen LogP contribution in [0.3, 0.4) is 0 Å². The number of nitrogens with one attached hydrogen (secondary N) is 1. The van der Waals surface area contributed by atoms with Crippen LogP contribution >= 0.6 is 0 Å². The maximum absolute atomic E-state index is 12.4. The first-order chi connectivity index (χ1) is 13.1. The van der Waals surface area contributed by atoms with Crippen molar-refractivity contribution in [2.45, 2.75) is 17.9 Å². The third-order valence-electron chi connectivity index (χ3n) is 3.81. The molecule has 7 nitrogen and oxygen atoms in total. The number of benzene rings is 2. The number of ether oxygens (including phenoxy) is 1. The predicted molar refractivity (Wildman–Crippen MR) is 102 cm³/mol. The summed E-state index contributed by atoms with van der Waals surface area (Å²) in [6.07, 6.45) is 5.55. The number of rotatable bonds is 9. The molecule has 0 aliphatic rings. The van der Waals surface area contributed by atoms with Gasteiger partial charge in [0.1, 0.15) is 18.4 Å². The number of sulfonamides is 1. The van der Waals surface area contributed by atoms with E-state index in [1.807, 2.05) is 24.3 Å². The number of aromatic nitrogens is 3. The molecular formula is C19H20N4O3S. The monoisotopic (exact) mass is 384 g/mol. The first kappa shape index (κ1) is 18.8. The zero-order valence-electron chi connectivity index (χ0n) is 14.7. The van der Waals surface area contributed by atoms with Crippen LogP contribution in [-0.2, 0) is 16.6 Å². The molecule has 8 heteroatoms. The lowest BCUT2D eigenvalue weighted by Crippen LogP contribution is -2.23. The predicted octanol–water partition coefficient (Wildman–Crippen LogP) is 2.70. The molecule has 1 aromatic heterocycles. The molecule has 0 fully saturated rings. The van der Waals surface area contributed by atoms with E-state index >= 15 is 0 Å². The van der Waals surface area contributed by atoms with Crippen LogP contribution in [0.5, 0.6) is 5.75 Å². The molecule has 0 atom stereocenters. The van der Waals surface area contributed by atoms with Crippen LogP contribution in [0.4, 0.5) is 0 Å². The van der Waals surface area contributed by atoms with Gasteiger partial charge in [0.2, 0.25) is 10.0 Å². The fourth-order valence-electron chi connectivity index (χ4n) is 2.34. The molecular weight excluding hydrogens is 364 g/mol. The minimum Gasteiger partial charge on any atom is -0.493 e. The van der Waals surface area contributed by atoms with Gasteiger partial charge >= 0.3 is 0 Å². The first-order valence-corrected chi connectivity index (χ1v) is 9.84. The first-order valence-electron chi connectivity index (χ1n) is 8.36. The van der Waals surface area contributed by atoms with E-state index in [4.69, 9.17) is 4.74 Å². The van der Waals surface area contributed by atoms with Crippen molar-refractivity contribution < 1.29 is 13.2 Å². The average Bonchev–Trinajstić information content (AvgIpc) is 3.22. The quantitative estimate of drug-likeness (QED) is 0.453. The van der Waals surface area contributed by atoms with E-state index in [0.29, 0.717) is 12.4 Å². The summed E-state index contributed by atoms with van der Waals surface area (Å²) in [5.74, 6) is 0.625. The van der Waals surface area contributed by atoms with E-state index in [0.717, 1.165) is 17.7 Å². The molecule has 0 amide bonds. The molecule has 2 aromatic carbocycles. The maximum Gasteiger partial charge on any atom is 0.240 e. The number of hydrogen-bond acceptors (Lipinski definition) is 5. The highest BCUT2D eigenvalue weighted by Crippen LogP contribution is 2.17. The van der Waals surface area contributed by atoms with Crippen molar-refractivity contribution in [2.75, 3.05) is 6.61 Å². The van der Waals surface area contributed by atoms with E-state index in [1.54, 1.807) is 29.2 Å². The Balaban J connectivity index is 1.60. The average molecular weight is 384 g/mol. The normalized spacial score (nSPS) is 11.3. The zero-order valence-corrected chi connectivity index (χ0v) is 15.5. The Hall–Kier alpha value is -2.97. The van der Waals surface area contributed by atoms with Gasteiger partial charge in [0.25, 0.3) is 0 Å². The second kappa shape index (κ2) is 8.61. The third kappa shape index (κ3) is 5.02. The SMILES string of the molecule is C=CCCOc1ccc(S(=O)(=O)NCc2ccc(-n3cncn3)cc2)cc1. The highest BCUT2D eigenvalue weighted by Gasteiger charge is 2.13. The molecule has 0 unspecified atom stereocenters. The minimum atomic E-state index is -3.60. The molecule has 0 spiro atoms. The summed E-state index contributed by atoms with van der Waals surface area (Å²) in [6, 6.07) is 13.7. The van der Waals surface area contributed by atoms with E-state index in [-0.39, 0.29) is 11.4 Å². The topological polar surface area (TPSA) is 86.1 Å². The lowest BCUT2D eigenvalue weighted by molar-refractivity contribution is 0.325. The Kier molecular flexibility index (Phi) is 6.00. The van der Waals surface area contributed by atoms with Crippen LogP contribution in [0, 0.1) is 0 Å². The van der Waals surface area contributed by atoms with Crippen LogP contribution in [-0.4, -0.2) is 29.8 Å². The maximum atomic E-state index is 12.4. The smallest absolute Gasteiger partial charge is 0.240 e. The van der Waals surface area contributed by atoms with Crippen molar-refractivity contribution in [3.63, 3.8) is 0 Å². The van der Waals surface area contributed by atoms with E-state index in [2.05, 4.69) is 21.4 Å². The third-order valence-corrected chi connectivity index (χ3v) is 5.23. The van der Waals surface area contributed by atoms with Crippen molar-refractivity contribution in [1.82, 2.24) is 19.5 Å². The summed E-state index contributed by atoms with van der Waals surface area (Å²) < 4.78 is 34.6. The highest BCUT2D eigenvalue weighted by molar-refractivity contribution is 7.89. The van der Waals surface area contributed by atoms with Gasteiger partial charge in [-0.15, -0.1) is 6.58 Å². The van der Waals surface area contributed by atoms with Crippen molar-refractivity contribution in [2.24, 2.45) is 0 Å². The molecule has 3 rings (SSSR count). The molecule has 1 N–H and O–H groups in total. The van der Waals surface area contributed by atoms with Gasteiger partial charge in [-0.05, 0) is 48.4 Å². The summed E-state index contributed by atoms with van der Waals surface area (Å²) in [5, 5.41) is 4.05. The molecule has 0 bridgehead atoms. The molecule has 0 saturated heterocycles. The summed E-state index contributed by atoms with van der Waals surface area (Å²) in [6.45, 7) is 4.33. The van der Waals surface area contributed by atoms with Crippen molar-refractivity contribution >= 4 is 10.0 Å². The van der Waals surface area contributed by atoms with Gasteiger partial charge in [-0.3, -0.25) is 0 Å². The van der Waals surface area contributed by atoms with Crippen molar-refractivity contribution in [1.29, 1.82) is 0 Å². The number of hydrogen-bond donors (Lipinski definition) is 1. The van der Waals surface area contributed by atoms with Gasteiger partial charge in [-0.25, -0.2) is 22.8 Å². The molecule has 3 aromatic rings. The minimum absolute atomic E-state index is 0.192.